The topological polar surface area (TPSA) is 69.6 Å². The highest BCUT2D eigenvalue weighted by molar-refractivity contribution is 5.92. The molecule has 5 heteroatoms. The van der Waals surface area contributed by atoms with Crippen LogP contribution in [0.15, 0.2) is 72.9 Å². The maximum atomic E-state index is 11.4. The molecule has 0 saturated heterocycles. The molecular weight excluding hydrogens is 338 g/mol. The van der Waals surface area contributed by atoms with E-state index in [0.29, 0.717) is 5.56 Å². The van der Waals surface area contributed by atoms with Gasteiger partial charge in [-0.1, -0.05) is 12.1 Å². The van der Waals surface area contributed by atoms with Gasteiger partial charge in [-0.05, 0) is 72.1 Å². The number of pyridine rings is 1. The summed E-state index contributed by atoms with van der Waals surface area (Å²) >= 11 is 0. The normalized spacial score (nSPS) is 10.9. The first-order valence-electron chi connectivity index (χ1n) is 8.64. The van der Waals surface area contributed by atoms with E-state index >= 15 is 0 Å². The first-order valence-corrected chi connectivity index (χ1v) is 8.64. The number of primary amides is 1. The molecule has 2 aromatic carbocycles. The van der Waals surface area contributed by atoms with Crippen molar-refractivity contribution in [1.29, 1.82) is 0 Å². The van der Waals surface area contributed by atoms with Gasteiger partial charge in [-0.2, -0.15) is 5.10 Å². The van der Waals surface area contributed by atoms with Gasteiger partial charge in [-0.25, -0.2) is 4.52 Å². The maximum absolute atomic E-state index is 11.4. The second-order valence-corrected chi connectivity index (χ2v) is 6.40. The van der Waals surface area contributed by atoms with Crippen molar-refractivity contribution in [2.24, 2.45) is 5.73 Å². The standard InChI is InChI=1S/C22H19N3O2/c1-27-20-7-5-17(6-8-20)21-14-19-13-16(9-10-25(19)24-21)11-15-3-2-4-18(12-15)22(23)26/h2-10,12-14H,11H2,1H3,(H2,23,26). The smallest absolute Gasteiger partial charge is 0.248 e. The van der Waals surface area contributed by atoms with Gasteiger partial charge in [0.05, 0.1) is 18.3 Å². The summed E-state index contributed by atoms with van der Waals surface area (Å²) in [5.74, 6) is 0.412. The van der Waals surface area contributed by atoms with Crippen molar-refractivity contribution in [2.75, 3.05) is 7.11 Å². The molecule has 0 aliphatic rings. The number of carbonyl (C=O) groups is 1. The highest BCUT2D eigenvalue weighted by atomic mass is 16.5. The molecule has 5 nitrogen and oxygen atoms in total. The van der Waals surface area contributed by atoms with Crippen molar-refractivity contribution >= 4 is 11.4 Å². The van der Waals surface area contributed by atoms with E-state index in [1.165, 1.54) is 0 Å². The number of amides is 1. The quantitative estimate of drug-likeness (QED) is 0.592. The molecule has 4 rings (SSSR count). The van der Waals surface area contributed by atoms with Gasteiger partial charge in [-0.15, -0.1) is 0 Å². The third-order valence-corrected chi connectivity index (χ3v) is 4.53. The Morgan fingerprint density at radius 3 is 2.56 bits per heavy atom. The molecule has 2 N–H and O–H groups in total. The Kier molecular flexibility index (Phi) is 4.34. The fourth-order valence-corrected chi connectivity index (χ4v) is 3.12. The molecule has 27 heavy (non-hydrogen) atoms. The van der Waals surface area contributed by atoms with Gasteiger partial charge in [0.1, 0.15) is 5.75 Å². The molecule has 0 fully saturated rings. The zero-order chi connectivity index (χ0) is 18.8. The first-order chi connectivity index (χ1) is 13.1. The predicted octanol–water partition coefficient (Wildman–Crippen LogP) is 3.70. The van der Waals surface area contributed by atoms with Crippen molar-refractivity contribution in [3.8, 4) is 17.0 Å². The van der Waals surface area contributed by atoms with Crippen molar-refractivity contribution in [3.05, 3.63) is 89.6 Å². The fraction of sp³-hybridized carbons (Fsp3) is 0.0909. The van der Waals surface area contributed by atoms with Crippen LogP contribution >= 0.6 is 0 Å². The summed E-state index contributed by atoms with van der Waals surface area (Å²) in [6.07, 6.45) is 2.68. The molecule has 0 saturated carbocycles. The molecule has 0 radical (unpaired) electrons. The molecule has 4 aromatic rings. The van der Waals surface area contributed by atoms with Crippen LogP contribution in [0.4, 0.5) is 0 Å². The summed E-state index contributed by atoms with van der Waals surface area (Å²) in [4.78, 5) is 11.4. The van der Waals surface area contributed by atoms with Crippen molar-refractivity contribution in [1.82, 2.24) is 9.61 Å². The van der Waals surface area contributed by atoms with Crippen molar-refractivity contribution < 1.29 is 9.53 Å². The van der Waals surface area contributed by atoms with Crippen LogP contribution in [0.1, 0.15) is 21.5 Å². The lowest BCUT2D eigenvalue weighted by atomic mass is 10.0. The van der Waals surface area contributed by atoms with Crippen LogP contribution in [0.3, 0.4) is 0 Å². The Hall–Kier alpha value is -3.60. The number of nitrogens with two attached hydrogens (primary N) is 1. The molecule has 2 heterocycles. The van der Waals surface area contributed by atoms with E-state index in [1.54, 1.807) is 13.2 Å². The van der Waals surface area contributed by atoms with Crippen molar-refractivity contribution in [2.45, 2.75) is 6.42 Å². The Morgan fingerprint density at radius 1 is 1.04 bits per heavy atom. The Morgan fingerprint density at radius 2 is 1.81 bits per heavy atom. The lowest BCUT2D eigenvalue weighted by Gasteiger charge is -2.04. The molecule has 0 aliphatic carbocycles. The fourth-order valence-electron chi connectivity index (χ4n) is 3.12. The average Bonchev–Trinajstić information content (AvgIpc) is 3.11. The summed E-state index contributed by atoms with van der Waals surface area (Å²) in [6.45, 7) is 0. The number of aromatic nitrogens is 2. The molecule has 2 aromatic heterocycles. The third kappa shape index (κ3) is 3.53. The zero-order valence-electron chi connectivity index (χ0n) is 14.9. The number of benzene rings is 2. The highest BCUT2D eigenvalue weighted by Gasteiger charge is 2.07. The molecule has 0 unspecified atom stereocenters. The van der Waals surface area contributed by atoms with Crippen LogP contribution in [0.25, 0.3) is 16.8 Å². The van der Waals surface area contributed by atoms with E-state index in [9.17, 15) is 4.79 Å². The van der Waals surface area contributed by atoms with Crippen molar-refractivity contribution in [3.63, 3.8) is 0 Å². The number of methoxy groups -OCH3 is 1. The van der Waals surface area contributed by atoms with E-state index in [2.05, 4.69) is 17.2 Å². The molecule has 134 valence electrons. The van der Waals surface area contributed by atoms with Gasteiger partial charge in [0, 0.05) is 17.3 Å². The van der Waals surface area contributed by atoms with Gasteiger partial charge in [0.15, 0.2) is 0 Å². The van der Waals surface area contributed by atoms with Crippen LogP contribution in [0.5, 0.6) is 5.75 Å². The van der Waals surface area contributed by atoms with Gasteiger partial charge in [0.25, 0.3) is 0 Å². The average molecular weight is 357 g/mol. The van der Waals surface area contributed by atoms with Gasteiger partial charge in [-0.3, -0.25) is 4.79 Å². The molecule has 0 atom stereocenters. The SMILES string of the molecule is COc1ccc(-c2cc3cc(Cc4cccc(C(N)=O)c4)ccn3n2)cc1. The highest BCUT2D eigenvalue weighted by Crippen LogP contribution is 2.23. The van der Waals surface area contributed by atoms with E-state index in [0.717, 1.165) is 40.1 Å². The summed E-state index contributed by atoms with van der Waals surface area (Å²) in [7, 11) is 1.65. The minimum Gasteiger partial charge on any atom is -0.497 e. The van der Waals surface area contributed by atoms with Gasteiger partial charge >= 0.3 is 0 Å². The number of hydrogen-bond donors (Lipinski definition) is 1. The van der Waals surface area contributed by atoms with E-state index < -0.39 is 5.91 Å². The van der Waals surface area contributed by atoms with Crippen LogP contribution in [0, 0.1) is 0 Å². The molecule has 1 amide bonds. The van der Waals surface area contributed by atoms with Gasteiger partial charge in [0.2, 0.25) is 5.91 Å². The zero-order valence-corrected chi connectivity index (χ0v) is 14.9. The number of carbonyl (C=O) groups excluding carboxylic acids is 1. The molecule has 0 bridgehead atoms. The molecule has 0 aliphatic heterocycles. The summed E-state index contributed by atoms with van der Waals surface area (Å²) in [5, 5.41) is 4.64. The van der Waals surface area contributed by atoms with Crippen LogP contribution in [-0.4, -0.2) is 22.6 Å². The van der Waals surface area contributed by atoms with Gasteiger partial charge < -0.3 is 10.5 Å². The lowest BCUT2D eigenvalue weighted by molar-refractivity contribution is 0.1000. The number of hydrogen-bond acceptors (Lipinski definition) is 3. The van der Waals surface area contributed by atoms with E-state index in [-0.39, 0.29) is 0 Å². The largest absolute Gasteiger partial charge is 0.497 e. The van der Waals surface area contributed by atoms with E-state index in [4.69, 9.17) is 10.5 Å². The number of fused-ring (bicyclic) bond motifs is 1. The lowest BCUT2D eigenvalue weighted by Crippen LogP contribution is -2.11. The Balaban J connectivity index is 1.62. The maximum Gasteiger partial charge on any atom is 0.248 e. The summed E-state index contributed by atoms with van der Waals surface area (Å²) in [5.41, 5.74) is 11.0. The molecule has 0 spiro atoms. The van der Waals surface area contributed by atoms with Crippen LogP contribution in [-0.2, 0) is 6.42 Å². The first kappa shape index (κ1) is 16.8. The Labute approximate surface area is 157 Å². The second kappa shape index (κ2) is 6.96. The summed E-state index contributed by atoms with van der Waals surface area (Å²) < 4.78 is 7.07. The second-order valence-electron chi connectivity index (χ2n) is 6.40. The third-order valence-electron chi connectivity index (χ3n) is 4.53. The van der Waals surface area contributed by atoms with Crippen LogP contribution in [0.2, 0.25) is 0 Å². The number of nitrogens with zero attached hydrogens (tertiary/aromatic N) is 2. The monoisotopic (exact) mass is 357 g/mol. The number of ether oxygens (including phenoxy) is 1. The minimum atomic E-state index is -0.410. The summed E-state index contributed by atoms with van der Waals surface area (Å²) in [6, 6.07) is 21.5. The Bertz CT molecular complexity index is 1110. The molecular formula is C22H19N3O2. The van der Waals surface area contributed by atoms with Crippen LogP contribution < -0.4 is 10.5 Å². The minimum absolute atomic E-state index is 0.410. The number of rotatable bonds is 5. The van der Waals surface area contributed by atoms with E-state index in [1.807, 2.05) is 59.2 Å². The predicted molar refractivity (Wildman–Crippen MR) is 105 cm³/mol.